The van der Waals surface area contributed by atoms with Gasteiger partial charge in [-0.25, -0.2) is 14.4 Å². The van der Waals surface area contributed by atoms with Gasteiger partial charge in [-0.05, 0) is 48.4 Å². The van der Waals surface area contributed by atoms with Gasteiger partial charge in [-0.2, -0.15) is 0 Å². The predicted molar refractivity (Wildman–Crippen MR) is 145 cm³/mol. The molecule has 0 aliphatic heterocycles. The monoisotopic (exact) mass is 515 g/mol. The summed E-state index contributed by atoms with van der Waals surface area (Å²) >= 11 is 5.84. The Balaban J connectivity index is 1.35. The fourth-order valence-corrected chi connectivity index (χ4v) is 4.59. The molecule has 0 unspecified atom stereocenters. The minimum absolute atomic E-state index is 0.0709. The maximum absolute atomic E-state index is 14.1. The van der Waals surface area contributed by atoms with Gasteiger partial charge in [0.15, 0.2) is 0 Å². The first-order chi connectivity index (χ1) is 18.0. The summed E-state index contributed by atoms with van der Waals surface area (Å²) in [6.45, 7) is 3.52. The predicted octanol–water partition coefficient (Wildman–Crippen LogP) is 7.02. The maximum atomic E-state index is 14.1. The molecule has 0 bridgehead atoms. The summed E-state index contributed by atoms with van der Waals surface area (Å²) in [5.74, 6) is 1.04. The maximum Gasteiger partial charge on any atom is 0.214 e. The molecular weight excluding hydrogens is 489 g/mol. The summed E-state index contributed by atoms with van der Waals surface area (Å²) in [6.07, 6.45) is 0.711. The van der Waals surface area contributed by atoms with Crippen molar-refractivity contribution in [1.82, 2.24) is 14.5 Å². The normalized spacial score (nSPS) is 11.2. The Morgan fingerprint density at radius 3 is 2.62 bits per heavy atom. The van der Waals surface area contributed by atoms with E-state index in [4.69, 9.17) is 26.1 Å². The fourth-order valence-electron chi connectivity index (χ4n) is 4.43. The van der Waals surface area contributed by atoms with Gasteiger partial charge < -0.3 is 14.0 Å². The molecule has 7 heteroatoms. The number of fused-ring (bicyclic) bond motifs is 1. The van der Waals surface area contributed by atoms with E-state index >= 15 is 0 Å². The SMILES string of the molecule is COCCn1c(Cc2ccc(-c3cccc(OCc4ccc(Cl)cc4F)n3)c(C)c2)nc2ccccc21. The quantitative estimate of drug-likeness (QED) is 0.212. The van der Waals surface area contributed by atoms with Crippen LogP contribution in [0.25, 0.3) is 22.3 Å². The zero-order chi connectivity index (χ0) is 25.8. The average molecular weight is 516 g/mol. The molecule has 2 heterocycles. The number of nitrogens with zero attached hydrogens (tertiary/aromatic N) is 3. The Labute approximate surface area is 220 Å². The van der Waals surface area contributed by atoms with Gasteiger partial charge in [0.1, 0.15) is 18.2 Å². The molecule has 188 valence electrons. The van der Waals surface area contributed by atoms with Crippen molar-refractivity contribution in [3.63, 3.8) is 0 Å². The lowest BCUT2D eigenvalue weighted by atomic mass is 10.0. The van der Waals surface area contributed by atoms with Crippen LogP contribution in [0.1, 0.15) is 22.5 Å². The first-order valence-corrected chi connectivity index (χ1v) is 12.5. The third-order valence-corrected chi connectivity index (χ3v) is 6.53. The van der Waals surface area contributed by atoms with Crippen LogP contribution in [0, 0.1) is 12.7 Å². The van der Waals surface area contributed by atoms with Crippen LogP contribution in [-0.2, 0) is 24.3 Å². The summed E-state index contributed by atoms with van der Waals surface area (Å²) in [5, 5.41) is 0.354. The summed E-state index contributed by atoms with van der Waals surface area (Å²) < 4.78 is 27.4. The van der Waals surface area contributed by atoms with Crippen molar-refractivity contribution in [2.75, 3.05) is 13.7 Å². The van der Waals surface area contributed by atoms with E-state index in [1.54, 1.807) is 25.3 Å². The molecule has 5 aromatic rings. The average Bonchev–Trinajstić information content (AvgIpc) is 3.24. The van der Waals surface area contributed by atoms with Gasteiger partial charge in [0.25, 0.3) is 0 Å². The first-order valence-electron chi connectivity index (χ1n) is 12.1. The first kappa shape index (κ1) is 24.9. The highest BCUT2D eigenvalue weighted by atomic mass is 35.5. The summed E-state index contributed by atoms with van der Waals surface area (Å²) in [4.78, 5) is 9.54. The largest absolute Gasteiger partial charge is 0.473 e. The Hall–Kier alpha value is -3.74. The molecule has 37 heavy (non-hydrogen) atoms. The molecule has 0 radical (unpaired) electrons. The smallest absolute Gasteiger partial charge is 0.214 e. The van der Waals surface area contributed by atoms with Crippen molar-refractivity contribution in [2.24, 2.45) is 0 Å². The third-order valence-electron chi connectivity index (χ3n) is 6.30. The number of aromatic nitrogens is 3. The standard InChI is InChI=1S/C30H27ClFN3O2/c1-20-16-21(17-29-33-27-6-3-4-8-28(27)35(29)14-15-36-2)10-13-24(20)26-7-5-9-30(34-26)37-19-22-11-12-23(31)18-25(22)32/h3-13,16,18H,14-15,17,19H2,1-2H3. The van der Waals surface area contributed by atoms with Crippen LogP contribution in [0.15, 0.2) is 78.9 Å². The second-order valence-electron chi connectivity index (χ2n) is 8.87. The van der Waals surface area contributed by atoms with E-state index in [2.05, 4.69) is 40.7 Å². The molecule has 0 fully saturated rings. The molecule has 0 amide bonds. The van der Waals surface area contributed by atoms with Crippen LogP contribution in [-0.4, -0.2) is 28.3 Å². The van der Waals surface area contributed by atoms with Crippen LogP contribution < -0.4 is 4.74 Å². The molecule has 0 aliphatic rings. The molecule has 2 aromatic heterocycles. The third kappa shape index (κ3) is 5.66. The van der Waals surface area contributed by atoms with Gasteiger partial charge in [-0.15, -0.1) is 0 Å². The Morgan fingerprint density at radius 2 is 1.81 bits per heavy atom. The number of pyridine rings is 1. The molecule has 5 rings (SSSR count). The summed E-state index contributed by atoms with van der Waals surface area (Å²) in [5.41, 5.74) is 6.61. The van der Waals surface area contributed by atoms with E-state index in [0.29, 0.717) is 29.5 Å². The number of hydrogen-bond donors (Lipinski definition) is 0. The lowest BCUT2D eigenvalue weighted by molar-refractivity contribution is 0.187. The van der Waals surface area contributed by atoms with Crippen LogP contribution in [0.2, 0.25) is 5.02 Å². The van der Waals surface area contributed by atoms with E-state index in [1.807, 2.05) is 30.3 Å². The molecule has 0 N–H and O–H groups in total. The van der Waals surface area contributed by atoms with Gasteiger partial charge in [-0.3, -0.25) is 0 Å². The molecule has 0 aliphatic carbocycles. The molecule has 0 saturated heterocycles. The number of imidazole rings is 1. The van der Waals surface area contributed by atoms with Crippen LogP contribution in [0.5, 0.6) is 5.88 Å². The van der Waals surface area contributed by atoms with Crippen molar-refractivity contribution >= 4 is 22.6 Å². The highest BCUT2D eigenvalue weighted by Crippen LogP contribution is 2.27. The van der Waals surface area contributed by atoms with E-state index < -0.39 is 5.82 Å². The van der Waals surface area contributed by atoms with Crippen molar-refractivity contribution in [1.29, 1.82) is 0 Å². The minimum Gasteiger partial charge on any atom is -0.473 e. The van der Waals surface area contributed by atoms with Gasteiger partial charge >= 0.3 is 0 Å². The van der Waals surface area contributed by atoms with Gasteiger partial charge in [0.05, 0.1) is 23.3 Å². The number of aryl methyl sites for hydroxylation is 1. The Bertz CT molecular complexity index is 1550. The minimum atomic E-state index is -0.397. The highest BCUT2D eigenvalue weighted by Gasteiger charge is 2.13. The van der Waals surface area contributed by atoms with Crippen molar-refractivity contribution in [3.05, 3.63) is 112 Å². The van der Waals surface area contributed by atoms with Crippen molar-refractivity contribution in [3.8, 4) is 17.1 Å². The highest BCUT2D eigenvalue weighted by molar-refractivity contribution is 6.30. The van der Waals surface area contributed by atoms with Crippen molar-refractivity contribution in [2.45, 2.75) is 26.5 Å². The Morgan fingerprint density at radius 1 is 0.946 bits per heavy atom. The van der Waals surface area contributed by atoms with E-state index in [9.17, 15) is 4.39 Å². The molecule has 3 aromatic carbocycles. The second-order valence-corrected chi connectivity index (χ2v) is 9.31. The van der Waals surface area contributed by atoms with E-state index in [-0.39, 0.29) is 6.61 Å². The van der Waals surface area contributed by atoms with Crippen LogP contribution in [0.4, 0.5) is 4.39 Å². The van der Waals surface area contributed by atoms with Gasteiger partial charge in [0, 0.05) is 42.3 Å². The Kier molecular flexibility index (Phi) is 7.49. The number of halogens is 2. The van der Waals surface area contributed by atoms with E-state index in [1.165, 1.54) is 11.6 Å². The van der Waals surface area contributed by atoms with Gasteiger partial charge in [0.2, 0.25) is 5.88 Å². The topological polar surface area (TPSA) is 49.2 Å². The number of hydrogen-bond acceptors (Lipinski definition) is 4. The number of benzene rings is 3. The lowest BCUT2D eigenvalue weighted by Gasteiger charge is -2.12. The summed E-state index contributed by atoms with van der Waals surface area (Å²) in [7, 11) is 1.71. The summed E-state index contributed by atoms with van der Waals surface area (Å²) in [6, 6.07) is 24.7. The molecule has 0 atom stereocenters. The second kappa shape index (κ2) is 11.1. The van der Waals surface area contributed by atoms with Gasteiger partial charge in [-0.1, -0.05) is 54.1 Å². The van der Waals surface area contributed by atoms with Crippen LogP contribution >= 0.6 is 11.6 Å². The number of rotatable bonds is 9. The fraction of sp³-hybridized carbons (Fsp3) is 0.200. The van der Waals surface area contributed by atoms with Crippen molar-refractivity contribution < 1.29 is 13.9 Å². The number of methoxy groups -OCH3 is 1. The molecule has 0 spiro atoms. The lowest BCUT2D eigenvalue weighted by Crippen LogP contribution is -2.09. The molecular formula is C30H27ClFN3O2. The molecule has 0 saturated carbocycles. The number of ether oxygens (including phenoxy) is 2. The zero-order valence-electron chi connectivity index (χ0n) is 20.7. The van der Waals surface area contributed by atoms with Crippen LogP contribution in [0.3, 0.4) is 0 Å². The number of para-hydroxylation sites is 2. The zero-order valence-corrected chi connectivity index (χ0v) is 21.5. The van der Waals surface area contributed by atoms with E-state index in [0.717, 1.165) is 40.2 Å². The molecule has 5 nitrogen and oxygen atoms in total.